The Kier molecular flexibility index (Phi) is 7.82. The summed E-state index contributed by atoms with van der Waals surface area (Å²) in [5.41, 5.74) is 2.02. The third kappa shape index (κ3) is 5.47. The second kappa shape index (κ2) is 10.8. The lowest BCUT2D eigenvalue weighted by atomic mass is 9.75. The minimum absolute atomic E-state index is 0.0162. The molecule has 0 heterocycles. The van der Waals surface area contributed by atoms with Gasteiger partial charge < -0.3 is 4.74 Å². The third-order valence-electron chi connectivity index (χ3n) is 7.77. The maximum absolute atomic E-state index is 15.1. The molecule has 0 aliphatic heterocycles. The minimum Gasteiger partial charge on any atom is -0.490 e. The van der Waals surface area contributed by atoms with Crippen LogP contribution >= 0.6 is 0 Å². The zero-order valence-electron chi connectivity index (χ0n) is 19.6. The number of halogens is 3. The van der Waals surface area contributed by atoms with Gasteiger partial charge in [-0.1, -0.05) is 44.0 Å². The van der Waals surface area contributed by atoms with E-state index in [1.54, 1.807) is 18.2 Å². The van der Waals surface area contributed by atoms with Crippen LogP contribution in [0, 0.1) is 23.4 Å². The van der Waals surface area contributed by atoms with Crippen LogP contribution in [0.15, 0.2) is 43.0 Å². The molecule has 2 aromatic rings. The lowest BCUT2D eigenvalue weighted by Crippen LogP contribution is -2.16. The van der Waals surface area contributed by atoms with Crippen LogP contribution in [0.1, 0.15) is 99.2 Å². The van der Waals surface area contributed by atoms with E-state index in [2.05, 4.69) is 13.5 Å². The van der Waals surface area contributed by atoms with Gasteiger partial charge in [-0.3, -0.25) is 0 Å². The summed E-state index contributed by atoms with van der Waals surface area (Å²) in [6.07, 6.45) is 9.69. The van der Waals surface area contributed by atoms with Crippen molar-refractivity contribution in [3.05, 3.63) is 77.1 Å². The first-order valence-corrected chi connectivity index (χ1v) is 12.5. The van der Waals surface area contributed by atoms with Gasteiger partial charge in [-0.05, 0) is 97.4 Å². The van der Waals surface area contributed by atoms with Crippen LogP contribution in [0.25, 0.3) is 0 Å². The van der Waals surface area contributed by atoms with Crippen molar-refractivity contribution in [3.63, 3.8) is 0 Å². The molecular weight excluding hydrogens is 421 g/mol. The van der Waals surface area contributed by atoms with Crippen molar-refractivity contribution < 1.29 is 17.9 Å². The van der Waals surface area contributed by atoms with Crippen molar-refractivity contribution in [2.75, 3.05) is 6.61 Å². The molecule has 4 rings (SSSR count). The van der Waals surface area contributed by atoms with Gasteiger partial charge in [0.25, 0.3) is 0 Å². The van der Waals surface area contributed by atoms with Gasteiger partial charge in [0, 0.05) is 0 Å². The van der Waals surface area contributed by atoms with Gasteiger partial charge in [-0.2, -0.15) is 0 Å². The van der Waals surface area contributed by atoms with Crippen molar-refractivity contribution >= 4 is 0 Å². The van der Waals surface area contributed by atoms with Gasteiger partial charge in [0.2, 0.25) is 0 Å². The van der Waals surface area contributed by atoms with E-state index < -0.39 is 11.6 Å². The van der Waals surface area contributed by atoms with E-state index in [9.17, 15) is 8.78 Å². The number of hydrogen-bond acceptors (Lipinski definition) is 1. The molecule has 0 amide bonds. The smallest absolute Gasteiger partial charge is 0.165 e. The average Bonchev–Trinajstić information content (AvgIpc) is 2.83. The normalized spacial score (nSPS) is 25.6. The predicted octanol–water partition coefficient (Wildman–Crippen LogP) is 8.79. The van der Waals surface area contributed by atoms with E-state index in [1.807, 2.05) is 18.2 Å². The number of ether oxygens (including phenoxy) is 1. The zero-order valence-corrected chi connectivity index (χ0v) is 19.6. The molecule has 0 N–H and O–H groups in total. The monoisotopic (exact) mass is 456 g/mol. The minimum atomic E-state index is -0.651. The maximum atomic E-state index is 15.1. The van der Waals surface area contributed by atoms with Crippen molar-refractivity contribution in [1.82, 2.24) is 0 Å². The highest BCUT2D eigenvalue weighted by Crippen LogP contribution is 2.43. The third-order valence-corrected chi connectivity index (χ3v) is 7.77. The van der Waals surface area contributed by atoms with E-state index in [-0.39, 0.29) is 29.3 Å². The first-order valence-electron chi connectivity index (χ1n) is 12.5. The first kappa shape index (κ1) is 23.9. The Morgan fingerprint density at radius 3 is 1.91 bits per heavy atom. The number of hydrogen-bond donors (Lipinski definition) is 0. The quantitative estimate of drug-likeness (QED) is 0.299. The van der Waals surface area contributed by atoms with Gasteiger partial charge in [0.15, 0.2) is 23.2 Å². The average molecular weight is 457 g/mol. The lowest BCUT2D eigenvalue weighted by molar-refractivity contribution is 0.307. The molecule has 0 radical (unpaired) electrons. The van der Waals surface area contributed by atoms with Crippen molar-refractivity contribution in [2.24, 2.45) is 5.92 Å². The van der Waals surface area contributed by atoms with Gasteiger partial charge in [-0.25, -0.2) is 13.2 Å². The molecular formula is C29H35F3O. The second-order valence-electron chi connectivity index (χ2n) is 9.99. The summed E-state index contributed by atoms with van der Waals surface area (Å²) in [5, 5.41) is 0. The Morgan fingerprint density at radius 2 is 1.36 bits per heavy atom. The van der Waals surface area contributed by atoms with Crippen LogP contribution in [-0.4, -0.2) is 6.61 Å². The summed E-state index contributed by atoms with van der Waals surface area (Å²) >= 11 is 0. The number of benzene rings is 2. The van der Waals surface area contributed by atoms with E-state index in [0.717, 1.165) is 56.9 Å². The molecule has 4 heteroatoms. The SMILES string of the molecule is C=CCCOc1ccc(C2CCC(c3ccc(C4CCC(C)CC4)c(F)c3F)CC2)cc1F. The molecule has 2 aromatic carbocycles. The van der Waals surface area contributed by atoms with Crippen LogP contribution in [0.5, 0.6) is 5.75 Å². The Bertz CT molecular complexity index is 954. The summed E-state index contributed by atoms with van der Waals surface area (Å²) in [6.45, 7) is 6.28. The summed E-state index contributed by atoms with van der Waals surface area (Å²) in [7, 11) is 0. The Morgan fingerprint density at radius 1 is 0.818 bits per heavy atom. The molecule has 0 saturated heterocycles. The lowest BCUT2D eigenvalue weighted by Gasteiger charge is -2.30. The summed E-state index contributed by atoms with van der Waals surface area (Å²) in [6, 6.07) is 8.85. The van der Waals surface area contributed by atoms with E-state index >= 15 is 4.39 Å². The Labute approximate surface area is 196 Å². The predicted molar refractivity (Wildman–Crippen MR) is 127 cm³/mol. The van der Waals surface area contributed by atoms with Crippen molar-refractivity contribution in [1.29, 1.82) is 0 Å². The molecule has 2 aliphatic carbocycles. The molecule has 33 heavy (non-hydrogen) atoms. The first-order chi connectivity index (χ1) is 16.0. The van der Waals surface area contributed by atoms with Crippen molar-refractivity contribution in [2.45, 2.75) is 82.5 Å². The fourth-order valence-corrected chi connectivity index (χ4v) is 5.66. The van der Waals surface area contributed by atoms with E-state index in [4.69, 9.17) is 4.74 Å². The molecule has 0 spiro atoms. The highest BCUT2D eigenvalue weighted by atomic mass is 19.2. The van der Waals surface area contributed by atoms with Crippen LogP contribution in [-0.2, 0) is 0 Å². The Balaban J connectivity index is 1.39. The summed E-state index contributed by atoms with van der Waals surface area (Å²) in [5.74, 6) is -0.308. The largest absolute Gasteiger partial charge is 0.490 e. The van der Waals surface area contributed by atoms with Crippen LogP contribution in [0.4, 0.5) is 13.2 Å². The molecule has 0 atom stereocenters. The van der Waals surface area contributed by atoms with Crippen LogP contribution in [0.2, 0.25) is 0 Å². The molecule has 2 saturated carbocycles. The standard InChI is InChI=1S/C29H35F3O/c1-3-4-17-33-27-16-13-23(18-26(27)30)20-9-11-22(12-10-20)25-15-14-24(28(31)29(25)32)21-7-5-19(2)6-8-21/h3,13-16,18-22H,1,4-12,17H2,2H3. The van der Waals surface area contributed by atoms with Gasteiger partial charge >= 0.3 is 0 Å². The van der Waals surface area contributed by atoms with Gasteiger partial charge in [-0.15, -0.1) is 6.58 Å². The fraction of sp³-hybridized carbons (Fsp3) is 0.517. The molecule has 1 nitrogen and oxygen atoms in total. The fourth-order valence-electron chi connectivity index (χ4n) is 5.66. The molecule has 0 aromatic heterocycles. The Hall–Kier alpha value is -2.23. The molecule has 178 valence electrons. The topological polar surface area (TPSA) is 9.23 Å². The maximum Gasteiger partial charge on any atom is 0.165 e. The molecule has 0 bridgehead atoms. The van der Waals surface area contributed by atoms with Crippen LogP contribution < -0.4 is 4.74 Å². The van der Waals surface area contributed by atoms with Crippen molar-refractivity contribution in [3.8, 4) is 5.75 Å². The number of rotatable bonds is 7. The van der Waals surface area contributed by atoms with Crippen LogP contribution in [0.3, 0.4) is 0 Å². The molecule has 2 aliphatic rings. The zero-order chi connectivity index (χ0) is 23.4. The van der Waals surface area contributed by atoms with E-state index in [0.29, 0.717) is 30.1 Å². The molecule has 0 unspecified atom stereocenters. The summed E-state index contributed by atoms with van der Waals surface area (Å²) in [4.78, 5) is 0. The molecule has 2 fully saturated rings. The highest BCUT2D eigenvalue weighted by Gasteiger charge is 2.29. The second-order valence-corrected chi connectivity index (χ2v) is 9.99. The van der Waals surface area contributed by atoms with E-state index in [1.165, 1.54) is 0 Å². The highest BCUT2D eigenvalue weighted by molar-refractivity contribution is 5.34. The summed E-state index contributed by atoms with van der Waals surface area (Å²) < 4.78 is 50.0. The van der Waals surface area contributed by atoms with Gasteiger partial charge in [0.05, 0.1) is 6.61 Å². The van der Waals surface area contributed by atoms with Gasteiger partial charge in [0.1, 0.15) is 0 Å².